The summed E-state index contributed by atoms with van der Waals surface area (Å²) in [5, 5.41) is 1.87. The van der Waals surface area contributed by atoms with Crippen molar-refractivity contribution in [3.8, 4) is 5.69 Å². The summed E-state index contributed by atoms with van der Waals surface area (Å²) in [6.45, 7) is 0.704. The molecule has 1 fully saturated rings. The Morgan fingerprint density at radius 3 is 3.10 bits per heavy atom. The number of hydrogen-bond donors (Lipinski definition) is 2. The van der Waals surface area contributed by atoms with E-state index in [1.165, 1.54) is 11.3 Å². The second-order valence-corrected chi connectivity index (χ2v) is 5.68. The standard InChI is InChI=1S/C12H11N5O2S/c13-15-11(18)8-9-6-1-3-16(6)12(19)10-7(2-4-20-10)17(9)5-14-8/h2,4-6H,1,3,13H2,(H,15,18). The molecule has 1 unspecified atom stereocenters. The minimum Gasteiger partial charge on any atom is -0.329 e. The molecule has 3 N–H and O–H groups in total. The molecular formula is C12H11N5O2S. The van der Waals surface area contributed by atoms with E-state index >= 15 is 0 Å². The van der Waals surface area contributed by atoms with Gasteiger partial charge in [0, 0.05) is 6.54 Å². The van der Waals surface area contributed by atoms with Crippen molar-refractivity contribution in [1.29, 1.82) is 0 Å². The largest absolute Gasteiger partial charge is 0.329 e. The smallest absolute Gasteiger partial charge is 0.285 e. The highest BCUT2D eigenvalue weighted by atomic mass is 32.1. The van der Waals surface area contributed by atoms with Gasteiger partial charge in [-0.05, 0) is 17.9 Å². The Labute approximate surface area is 118 Å². The van der Waals surface area contributed by atoms with Crippen molar-refractivity contribution in [2.75, 3.05) is 6.54 Å². The monoisotopic (exact) mass is 289 g/mol. The topological polar surface area (TPSA) is 93.2 Å². The van der Waals surface area contributed by atoms with E-state index in [2.05, 4.69) is 10.4 Å². The third kappa shape index (κ3) is 1.29. The van der Waals surface area contributed by atoms with Gasteiger partial charge in [0.25, 0.3) is 11.8 Å². The summed E-state index contributed by atoms with van der Waals surface area (Å²) in [5.41, 5.74) is 3.92. The molecule has 20 heavy (non-hydrogen) atoms. The average Bonchev–Trinajstić information content (AvgIpc) is 3.01. The maximum absolute atomic E-state index is 12.5. The molecule has 0 radical (unpaired) electrons. The van der Waals surface area contributed by atoms with E-state index in [-0.39, 0.29) is 17.6 Å². The van der Waals surface area contributed by atoms with Gasteiger partial charge in [0.1, 0.15) is 11.2 Å². The van der Waals surface area contributed by atoms with Gasteiger partial charge in [-0.15, -0.1) is 11.3 Å². The van der Waals surface area contributed by atoms with Gasteiger partial charge in [0.15, 0.2) is 5.69 Å². The van der Waals surface area contributed by atoms with Crippen molar-refractivity contribution in [3.05, 3.63) is 34.0 Å². The van der Waals surface area contributed by atoms with E-state index in [9.17, 15) is 9.59 Å². The number of nitrogens with two attached hydrogens (primary N) is 1. The maximum atomic E-state index is 12.5. The zero-order valence-electron chi connectivity index (χ0n) is 10.4. The minimum atomic E-state index is -0.434. The molecule has 102 valence electrons. The average molecular weight is 289 g/mol. The molecule has 2 aliphatic rings. The van der Waals surface area contributed by atoms with Crippen molar-refractivity contribution in [2.24, 2.45) is 5.84 Å². The molecule has 0 bridgehead atoms. The van der Waals surface area contributed by atoms with Crippen LogP contribution < -0.4 is 11.3 Å². The van der Waals surface area contributed by atoms with Crippen LogP contribution in [0.15, 0.2) is 17.8 Å². The molecule has 0 aliphatic carbocycles. The number of aromatic nitrogens is 2. The number of nitrogens with one attached hydrogen (secondary N) is 1. The van der Waals surface area contributed by atoms with Crippen molar-refractivity contribution < 1.29 is 9.59 Å². The molecule has 2 aliphatic heterocycles. The van der Waals surface area contributed by atoms with Gasteiger partial charge in [-0.25, -0.2) is 10.8 Å². The van der Waals surface area contributed by atoms with E-state index in [0.717, 1.165) is 17.8 Å². The third-order valence-corrected chi connectivity index (χ3v) is 4.74. The van der Waals surface area contributed by atoms with E-state index < -0.39 is 5.91 Å². The summed E-state index contributed by atoms with van der Waals surface area (Å²) in [6.07, 6.45) is 2.41. The Bertz CT molecular complexity index is 734. The van der Waals surface area contributed by atoms with E-state index in [1.807, 2.05) is 16.0 Å². The SMILES string of the molecule is NNC(=O)c1ncn2c1C1CCN1C(=O)c1sccc1-2. The van der Waals surface area contributed by atoms with Crippen LogP contribution >= 0.6 is 11.3 Å². The highest BCUT2D eigenvalue weighted by Gasteiger charge is 2.42. The van der Waals surface area contributed by atoms with Gasteiger partial charge >= 0.3 is 0 Å². The lowest BCUT2D eigenvalue weighted by Crippen LogP contribution is -2.45. The van der Waals surface area contributed by atoms with Crippen LogP contribution in [0.1, 0.15) is 38.3 Å². The first-order valence-corrected chi connectivity index (χ1v) is 7.07. The summed E-state index contributed by atoms with van der Waals surface area (Å²) in [7, 11) is 0. The number of carbonyl (C=O) groups is 2. The lowest BCUT2D eigenvalue weighted by Gasteiger charge is -2.39. The van der Waals surface area contributed by atoms with Gasteiger partial charge in [-0.2, -0.15) is 0 Å². The molecule has 2 amide bonds. The molecular weight excluding hydrogens is 278 g/mol. The van der Waals surface area contributed by atoms with Crippen LogP contribution in [0, 0.1) is 0 Å². The van der Waals surface area contributed by atoms with Gasteiger partial charge in [-0.1, -0.05) is 0 Å². The second-order valence-electron chi connectivity index (χ2n) is 4.76. The number of nitrogen functional groups attached to an aromatic ring is 1. The van der Waals surface area contributed by atoms with Gasteiger partial charge < -0.3 is 4.90 Å². The molecule has 0 spiro atoms. The second kappa shape index (κ2) is 3.90. The van der Waals surface area contributed by atoms with E-state index in [0.29, 0.717) is 11.4 Å². The zero-order valence-corrected chi connectivity index (χ0v) is 11.2. The van der Waals surface area contributed by atoms with Crippen LogP contribution in [0.3, 0.4) is 0 Å². The number of hydrazine groups is 1. The Morgan fingerprint density at radius 2 is 2.40 bits per heavy atom. The Balaban J connectivity index is 1.99. The van der Waals surface area contributed by atoms with Crippen LogP contribution in [0.5, 0.6) is 0 Å². The number of carbonyl (C=O) groups excluding carboxylic acids is 2. The molecule has 2 aromatic rings. The molecule has 2 aromatic heterocycles. The normalized spacial score (nSPS) is 19.6. The van der Waals surface area contributed by atoms with Crippen molar-refractivity contribution in [3.63, 3.8) is 0 Å². The van der Waals surface area contributed by atoms with Crippen molar-refractivity contribution in [1.82, 2.24) is 19.9 Å². The predicted octanol–water partition coefficient (Wildman–Crippen LogP) is 0.438. The van der Waals surface area contributed by atoms with Crippen LogP contribution in [0.2, 0.25) is 0 Å². The summed E-state index contributed by atoms with van der Waals surface area (Å²) in [6, 6.07) is 1.77. The van der Waals surface area contributed by atoms with E-state index in [1.54, 1.807) is 11.2 Å². The molecule has 4 heterocycles. The Kier molecular flexibility index (Phi) is 2.27. The summed E-state index contributed by atoms with van der Waals surface area (Å²) in [5.74, 6) is 4.80. The van der Waals surface area contributed by atoms with Crippen molar-refractivity contribution >= 4 is 23.2 Å². The van der Waals surface area contributed by atoms with Gasteiger partial charge in [0.2, 0.25) is 0 Å². The fraction of sp³-hybridized carbons (Fsp3) is 0.250. The number of thiophene rings is 1. The Morgan fingerprint density at radius 1 is 1.55 bits per heavy atom. The zero-order chi connectivity index (χ0) is 13.9. The number of nitrogens with zero attached hydrogens (tertiary/aromatic N) is 3. The first-order valence-electron chi connectivity index (χ1n) is 6.19. The highest BCUT2D eigenvalue weighted by Crippen LogP contribution is 2.42. The predicted molar refractivity (Wildman–Crippen MR) is 71.5 cm³/mol. The summed E-state index contributed by atoms with van der Waals surface area (Å²) in [4.78, 5) is 30.9. The van der Waals surface area contributed by atoms with Crippen molar-refractivity contribution in [2.45, 2.75) is 12.5 Å². The van der Waals surface area contributed by atoms with Crippen LogP contribution in [0.25, 0.3) is 5.69 Å². The van der Waals surface area contributed by atoms with Crippen LogP contribution in [-0.2, 0) is 0 Å². The number of rotatable bonds is 1. The molecule has 8 heteroatoms. The quantitative estimate of drug-likeness (QED) is 0.452. The minimum absolute atomic E-state index is 0.0223. The molecule has 4 rings (SSSR count). The van der Waals surface area contributed by atoms with E-state index in [4.69, 9.17) is 5.84 Å². The van der Waals surface area contributed by atoms with Gasteiger partial charge in [0.05, 0.1) is 17.4 Å². The first kappa shape index (κ1) is 11.6. The fourth-order valence-corrected chi connectivity index (χ4v) is 3.65. The highest BCUT2D eigenvalue weighted by molar-refractivity contribution is 7.12. The summed E-state index contributed by atoms with van der Waals surface area (Å²) < 4.78 is 1.83. The molecule has 1 saturated heterocycles. The molecule has 0 aromatic carbocycles. The first-order chi connectivity index (χ1) is 9.72. The lowest BCUT2D eigenvalue weighted by atomic mass is 9.98. The number of fused-ring (bicyclic) bond motifs is 5. The molecule has 1 atom stereocenters. The summed E-state index contributed by atoms with van der Waals surface area (Å²) >= 11 is 1.41. The fourth-order valence-electron chi connectivity index (χ4n) is 2.81. The Hall–Kier alpha value is -2.19. The maximum Gasteiger partial charge on any atom is 0.285 e. The molecule has 0 saturated carbocycles. The third-order valence-electron chi connectivity index (χ3n) is 3.85. The lowest BCUT2D eigenvalue weighted by molar-refractivity contribution is 0.0460. The van der Waals surface area contributed by atoms with Crippen LogP contribution in [-0.4, -0.2) is 32.8 Å². The number of amides is 2. The van der Waals surface area contributed by atoms with Gasteiger partial charge in [-0.3, -0.25) is 19.6 Å². The number of hydrogen-bond acceptors (Lipinski definition) is 5. The molecule has 7 nitrogen and oxygen atoms in total. The van der Waals surface area contributed by atoms with Crippen LogP contribution in [0.4, 0.5) is 0 Å². The number of imidazole rings is 1.